The normalized spacial score (nSPS) is 10.1. The number of rotatable bonds is 7. The van der Waals surface area contributed by atoms with Crippen LogP contribution < -0.4 is 0 Å². The van der Waals surface area contributed by atoms with Gasteiger partial charge in [-0.3, -0.25) is 4.79 Å². The van der Waals surface area contributed by atoms with Crippen LogP contribution in [0.3, 0.4) is 0 Å². The predicted octanol–water partition coefficient (Wildman–Crippen LogP) is 3.16. The highest BCUT2D eigenvalue weighted by atomic mass is 16.5. The highest BCUT2D eigenvalue weighted by Gasteiger charge is 2.05. The van der Waals surface area contributed by atoms with Crippen LogP contribution in [0.1, 0.15) is 28.8 Å². The third-order valence-corrected chi connectivity index (χ3v) is 2.27. The van der Waals surface area contributed by atoms with Gasteiger partial charge in [0, 0.05) is 12.2 Å². The lowest BCUT2D eigenvalue weighted by Gasteiger charge is -2.03. The van der Waals surface area contributed by atoms with Crippen molar-refractivity contribution in [2.45, 2.75) is 19.8 Å². The molecule has 0 heterocycles. The van der Waals surface area contributed by atoms with E-state index in [-0.39, 0.29) is 12.4 Å². The second-order valence-corrected chi connectivity index (χ2v) is 3.78. The van der Waals surface area contributed by atoms with Crippen LogP contribution in [0.5, 0.6) is 0 Å². The minimum absolute atomic E-state index is 0.0438. The quantitative estimate of drug-likeness (QED) is 0.399. The smallest absolute Gasteiger partial charge is 0.188 e. The molecule has 0 atom stereocenters. The monoisotopic (exact) mass is 218 g/mol. The van der Waals surface area contributed by atoms with E-state index in [0.29, 0.717) is 6.61 Å². The first kappa shape index (κ1) is 12.7. The number of Topliss-reactive ketones (excluding diaryl/α,β-unsaturated/α-hetero) is 1. The van der Waals surface area contributed by atoms with Crippen LogP contribution in [0.25, 0.3) is 0 Å². The van der Waals surface area contributed by atoms with Gasteiger partial charge in [0.2, 0.25) is 0 Å². The van der Waals surface area contributed by atoms with Gasteiger partial charge in [0.25, 0.3) is 0 Å². The molecule has 0 amide bonds. The molecule has 0 radical (unpaired) electrons. The molecule has 1 aromatic carbocycles. The van der Waals surface area contributed by atoms with Crippen LogP contribution in [0.2, 0.25) is 0 Å². The molecule has 0 saturated heterocycles. The van der Waals surface area contributed by atoms with Crippen molar-refractivity contribution in [1.82, 2.24) is 0 Å². The van der Waals surface area contributed by atoms with E-state index in [1.54, 1.807) is 0 Å². The summed E-state index contributed by atoms with van der Waals surface area (Å²) in [6, 6.07) is 7.57. The summed E-state index contributed by atoms with van der Waals surface area (Å²) in [5.41, 5.74) is 1.82. The molecular weight excluding hydrogens is 200 g/mol. The van der Waals surface area contributed by atoms with E-state index < -0.39 is 0 Å². The molecule has 0 bridgehead atoms. The van der Waals surface area contributed by atoms with Crippen molar-refractivity contribution in [3.63, 3.8) is 0 Å². The number of aryl methyl sites for hydroxylation is 1. The van der Waals surface area contributed by atoms with Crippen molar-refractivity contribution in [3.8, 4) is 0 Å². The molecule has 2 heteroatoms. The van der Waals surface area contributed by atoms with Crippen molar-refractivity contribution < 1.29 is 9.53 Å². The maximum absolute atomic E-state index is 11.7. The largest absolute Gasteiger partial charge is 0.373 e. The van der Waals surface area contributed by atoms with Crippen LogP contribution in [0, 0.1) is 6.92 Å². The minimum atomic E-state index is 0.0438. The van der Waals surface area contributed by atoms with Gasteiger partial charge in [0.1, 0.15) is 6.61 Å². The zero-order valence-corrected chi connectivity index (χ0v) is 9.74. The number of ether oxygens (including phenoxy) is 1. The van der Waals surface area contributed by atoms with Gasteiger partial charge in [-0.1, -0.05) is 29.8 Å². The van der Waals surface area contributed by atoms with E-state index in [2.05, 4.69) is 6.58 Å². The lowest BCUT2D eigenvalue weighted by Crippen LogP contribution is -2.09. The molecule has 0 N–H and O–H groups in total. The van der Waals surface area contributed by atoms with Crippen molar-refractivity contribution in [2.75, 3.05) is 13.2 Å². The van der Waals surface area contributed by atoms with Crippen molar-refractivity contribution >= 4 is 5.78 Å². The first-order chi connectivity index (χ1) is 7.74. The zero-order valence-electron chi connectivity index (χ0n) is 9.74. The second kappa shape index (κ2) is 6.96. The summed E-state index contributed by atoms with van der Waals surface area (Å²) in [5, 5.41) is 0. The van der Waals surface area contributed by atoms with Gasteiger partial charge in [-0.05, 0) is 25.8 Å². The van der Waals surface area contributed by atoms with Gasteiger partial charge < -0.3 is 4.74 Å². The minimum Gasteiger partial charge on any atom is -0.373 e. The number of benzene rings is 1. The van der Waals surface area contributed by atoms with E-state index in [9.17, 15) is 4.79 Å². The molecule has 0 aliphatic rings. The van der Waals surface area contributed by atoms with E-state index in [1.165, 1.54) is 0 Å². The summed E-state index contributed by atoms with van der Waals surface area (Å²) in [6.07, 6.45) is 3.70. The molecule has 16 heavy (non-hydrogen) atoms. The summed E-state index contributed by atoms with van der Waals surface area (Å²) < 4.78 is 5.29. The highest BCUT2D eigenvalue weighted by Crippen LogP contribution is 2.05. The number of allylic oxidation sites excluding steroid dienone is 1. The molecule has 0 fully saturated rings. The Morgan fingerprint density at radius 3 is 3.00 bits per heavy atom. The number of carbonyl (C=O) groups excluding carboxylic acids is 1. The molecule has 2 nitrogen and oxygen atoms in total. The summed E-state index contributed by atoms with van der Waals surface area (Å²) in [7, 11) is 0. The Morgan fingerprint density at radius 2 is 2.31 bits per heavy atom. The Hall–Kier alpha value is -1.41. The van der Waals surface area contributed by atoms with E-state index in [4.69, 9.17) is 4.74 Å². The van der Waals surface area contributed by atoms with E-state index >= 15 is 0 Å². The maximum Gasteiger partial charge on any atom is 0.188 e. The van der Waals surface area contributed by atoms with Gasteiger partial charge in [0.05, 0.1) is 0 Å². The fraction of sp³-hybridized carbons (Fsp3) is 0.357. The molecule has 1 aromatic rings. The topological polar surface area (TPSA) is 26.3 Å². The molecule has 0 saturated carbocycles. The molecule has 0 aliphatic heterocycles. The standard InChI is InChI=1S/C14H18O2/c1-3-4-5-9-16-11-14(15)13-8-6-7-12(2)10-13/h3,6-8,10H,1,4-5,9,11H2,2H3. The predicted molar refractivity (Wildman–Crippen MR) is 65.8 cm³/mol. The second-order valence-electron chi connectivity index (χ2n) is 3.78. The summed E-state index contributed by atoms with van der Waals surface area (Å²) in [4.78, 5) is 11.7. The molecule has 1 rings (SSSR count). The summed E-state index contributed by atoms with van der Waals surface area (Å²) in [6.45, 7) is 6.38. The first-order valence-electron chi connectivity index (χ1n) is 5.52. The van der Waals surface area contributed by atoms with Gasteiger partial charge >= 0.3 is 0 Å². The Bertz CT molecular complexity index is 356. The van der Waals surface area contributed by atoms with Crippen LogP contribution in [0.15, 0.2) is 36.9 Å². The fourth-order valence-corrected chi connectivity index (χ4v) is 1.40. The Balaban J connectivity index is 2.32. The van der Waals surface area contributed by atoms with Gasteiger partial charge in [-0.2, -0.15) is 0 Å². The Morgan fingerprint density at radius 1 is 1.50 bits per heavy atom. The first-order valence-corrected chi connectivity index (χ1v) is 5.52. The number of ketones is 1. The number of hydrogen-bond acceptors (Lipinski definition) is 2. The van der Waals surface area contributed by atoms with Gasteiger partial charge in [-0.25, -0.2) is 0 Å². The third kappa shape index (κ3) is 4.41. The fourth-order valence-electron chi connectivity index (χ4n) is 1.40. The summed E-state index contributed by atoms with van der Waals surface area (Å²) in [5.74, 6) is 0.0438. The molecular formula is C14H18O2. The lowest BCUT2D eigenvalue weighted by molar-refractivity contribution is 0.0757. The Kier molecular flexibility index (Phi) is 5.51. The van der Waals surface area contributed by atoms with Crippen LogP contribution in [0.4, 0.5) is 0 Å². The summed E-state index contributed by atoms with van der Waals surface area (Å²) >= 11 is 0. The highest BCUT2D eigenvalue weighted by molar-refractivity contribution is 5.97. The average molecular weight is 218 g/mol. The Labute approximate surface area is 96.9 Å². The SMILES string of the molecule is C=CCCCOCC(=O)c1cccc(C)c1. The van der Waals surface area contributed by atoms with Crippen molar-refractivity contribution in [1.29, 1.82) is 0 Å². The van der Waals surface area contributed by atoms with E-state index in [1.807, 2.05) is 37.3 Å². The lowest BCUT2D eigenvalue weighted by atomic mass is 10.1. The van der Waals surface area contributed by atoms with Gasteiger partial charge in [-0.15, -0.1) is 6.58 Å². The average Bonchev–Trinajstić information content (AvgIpc) is 2.28. The van der Waals surface area contributed by atoms with Gasteiger partial charge in [0.15, 0.2) is 5.78 Å². The number of hydrogen-bond donors (Lipinski definition) is 0. The number of carbonyl (C=O) groups is 1. The van der Waals surface area contributed by atoms with Crippen molar-refractivity contribution in [3.05, 3.63) is 48.0 Å². The van der Waals surface area contributed by atoms with Crippen LogP contribution in [-0.4, -0.2) is 19.0 Å². The molecule has 0 aliphatic carbocycles. The zero-order chi connectivity index (χ0) is 11.8. The van der Waals surface area contributed by atoms with Crippen LogP contribution in [-0.2, 0) is 4.74 Å². The maximum atomic E-state index is 11.7. The van der Waals surface area contributed by atoms with Crippen LogP contribution >= 0.6 is 0 Å². The van der Waals surface area contributed by atoms with Crippen molar-refractivity contribution in [2.24, 2.45) is 0 Å². The number of unbranched alkanes of at least 4 members (excludes halogenated alkanes) is 1. The van der Waals surface area contributed by atoms with E-state index in [0.717, 1.165) is 24.0 Å². The molecule has 0 spiro atoms. The molecule has 0 aromatic heterocycles. The third-order valence-electron chi connectivity index (χ3n) is 2.27. The molecule has 86 valence electrons. The molecule has 0 unspecified atom stereocenters.